The molecule has 0 aromatic carbocycles. The zero-order valence-corrected chi connectivity index (χ0v) is 7.33. The Morgan fingerprint density at radius 2 is 2.10 bits per heavy atom. The van der Waals surface area contributed by atoms with Crippen LogP contribution in [0.2, 0.25) is 0 Å². The minimum Gasteiger partial charge on any atom is -0.389 e. The molecule has 0 aliphatic carbocycles. The quantitative estimate of drug-likeness (QED) is 0.624. The molecule has 1 aromatic rings. The maximum Gasteiger partial charge on any atom is 0.107 e. The van der Waals surface area contributed by atoms with Crippen molar-refractivity contribution in [2.24, 2.45) is 0 Å². The van der Waals surface area contributed by atoms with Crippen molar-refractivity contribution >= 4 is 16.5 Å². The summed E-state index contributed by atoms with van der Waals surface area (Å²) >= 11 is 1.36. The second-order valence-corrected chi connectivity index (χ2v) is 4.20. The van der Waals surface area contributed by atoms with Gasteiger partial charge in [0.15, 0.2) is 0 Å². The lowest BCUT2D eigenvalue weighted by molar-refractivity contribution is 0.576. The molecule has 0 spiro atoms. The van der Waals surface area contributed by atoms with Gasteiger partial charge in [0.05, 0.1) is 5.69 Å². The van der Waals surface area contributed by atoms with E-state index in [0.29, 0.717) is 0 Å². The summed E-state index contributed by atoms with van der Waals surface area (Å²) in [5, 5.41) is 0.796. The SMILES string of the molecule is CC(C)(C)c1cc(N)sn1. The number of nitrogens with two attached hydrogens (primary N) is 1. The number of rotatable bonds is 0. The van der Waals surface area contributed by atoms with Crippen LogP contribution in [-0.4, -0.2) is 4.37 Å². The summed E-state index contributed by atoms with van der Waals surface area (Å²) in [7, 11) is 0. The van der Waals surface area contributed by atoms with Crippen molar-refractivity contribution in [1.82, 2.24) is 4.37 Å². The van der Waals surface area contributed by atoms with Crippen molar-refractivity contribution in [2.45, 2.75) is 26.2 Å². The summed E-state index contributed by atoms with van der Waals surface area (Å²) in [6.45, 7) is 6.38. The maximum atomic E-state index is 5.53. The molecule has 0 bridgehead atoms. The lowest BCUT2D eigenvalue weighted by atomic mass is 9.92. The van der Waals surface area contributed by atoms with E-state index in [1.807, 2.05) is 6.07 Å². The summed E-state index contributed by atoms with van der Waals surface area (Å²) < 4.78 is 4.20. The second kappa shape index (κ2) is 2.23. The topological polar surface area (TPSA) is 38.9 Å². The predicted molar refractivity (Wildman–Crippen MR) is 45.2 cm³/mol. The van der Waals surface area contributed by atoms with Crippen LogP contribution in [-0.2, 0) is 5.41 Å². The third kappa shape index (κ3) is 1.48. The van der Waals surface area contributed by atoms with E-state index in [4.69, 9.17) is 5.73 Å². The monoisotopic (exact) mass is 156 g/mol. The molecular formula is C7H12N2S. The Labute approximate surface area is 65.2 Å². The molecule has 56 valence electrons. The average molecular weight is 156 g/mol. The van der Waals surface area contributed by atoms with E-state index in [-0.39, 0.29) is 5.41 Å². The molecule has 0 aliphatic rings. The molecule has 0 amide bonds. The molecule has 1 rings (SSSR count). The van der Waals surface area contributed by atoms with Gasteiger partial charge < -0.3 is 5.73 Å². The van der Waals surface area contributed by atoms with E-state index in [1.54, 1.807) is 0 Å². The van der Waals surface area contributed by atoms with Crippen molar-refractivity contribution in [2.75, 3.05) is 5.73 Å². The summed E-state index contributed by atoms with van der Waals surface area (Å²) in [5.74, 6) is 0. The Morgan fingerprint density at radius 1 is 1.50 bits per heavy atom. The number of aromatic nitrogens is 1. The van der Waals surface area contributed by atoms with Crippen molar-refractivity contribution in [3.63, 3.8) is 0 Å². The van der Waals surface area contributed by atoms with Gasteiger partial charge in [0, 0.05) is 5.41 Å². The van der Waals surface area contributed by atoms with Gasteiger partial charge in [-0.25, -0.2) is 0 Å². The Kier molecular flexibility index (Phi) is 1.68. The number of hydrogen-bond acceptors (Lipinski definition) is 3. The van der Waals surface area contributed by atoms with Crippen LogP contribution in [0.25, 0.3) is 0 Å². The summed E-state index contributed by atoms with van der Waals surface area (Å²) in [4.78, 5) is 0. The first-order valence-corrected chi connectivity index (χ1v) is 4.00. The van der Waals surface area contributed by atoms with Crippen LogP contribution < -0.4 is 5.73 Å². The van der Waals surface area contributed by atoms with Gasteiger partial charge in [-0.2, -0.15) is 4.37 Å². The van der Waals surface area contributed by atoms with Crippen molar-refractivity contribution < 1.29 is 0 Å². The molecule has 0 saturated heterocycles. The van der Waals surface area contributed by atoms with Crippen LogP contribution >= 0.6 is 11.5 Å². The lowest BCUT2D eigenvalue weighted by Crippen LogP contribution is -2.10. The van der Waals surface area contributed by atoms with E-state index in [1.165, 1.54) is 11.5 Å². The highest BCUT2D eigenvalue weighted by Crippen LogP contribution is 2.24. The van der Waals surface area contributed by atoms with E-state index in [9.17, 15) is 0 Å². The largest absolute Gasteiger partial charge is 0.389 e. The predicted octanol–water partition coefficient (Wildman–Crippen LogP) is 2.02. The highest BCUT2D eigenvalue weighted by Gasteiger charge is 2.16. The third-order valence-electron chi connectivity index (χ3n) is 1.30. The van der Waals surface area contributed by atoms with Gasteiger partial charge in [0.1, 0.15) is 5.00 Å². The zero-order chi connectivity index (χ0) is 7.78. The minimum atomic E-state index is 0.133. The number of nitrogens with zero attached hydrogens (tertiary/aromatic N) is 1. The fourth-order valence-corrected chi connectivity index (χ4v) is 1.34. The Bertz CT molecular complexity index is 222. The summed E-state index contributed by atoms with van der Waals surface area (Å²) in [6.07, 6.45) is 0. The molecule has 0 aliphatic heterocycles. The van der Waals surface area contributed by atoms with E-state index in [0.717, 1.165) is 10.7 Å². The van der Waals surface area contributed by atoms with Crippen LogP contribution in [0.5, 0.6) is 0 Å². The molecule has 0 saturated carbocycles. The Balaban J connectivity index is 2.96. The first-order valence-electron chi connectivity index (χ1n) is 3.23. The minimum absolute atomic E-state index is 0.133. The fraction of sp³-hybridized carbons (Fsp3) is 0.571. The average Bonchev–Trinajstić information content (AvgIpc) is 2.11. The molecule has 0 radical (unpaired) electrons. The molecule has 0 atom stereocenters. The molecule has 0 fully saturated rings. The van der Waals surface area contributed by atoms with Crippen LogP contribution in [0.3, 0.4) is 0 Å². The van der Waals surface area contributed by atoms with E-state index < -0.39 is 0 Å². The van der Waals surface area contributed by atoms with E-state index in [2.05, 4.69) is 25.1 Å². The van der Waals surface area contributed by atoms with Gasteiger partial charge in [-0.05, 0) is 17.6 Å². The van der Waals surface area contributed by atoms with Crippen LogP contribution in [0.15, 0.2) is 6.07 Å². The molecular weight excluding hydrogens is 144 g/mol. The number of hydrogen-bond donors (Lipinski definition) is 1. The molecule has 1 aromatic heterocycles. The lowest BCUT2D eigenvalue weighted by Gasteiger charge is -2.13. The van der Waals surface area contributed by atoms with Gasteiger partial charge in [-0.3, -0.25) is 0 Å². The third-order valence-corrected chi connectivity index (χ3v) is 1.91. The Hall–Kier alpha value is -0.570. The molecule has 0 unspecified atom stereocenters. The van der Waals surface area contributed by atoms with Crippen LogP contribution in [0, 0.1) is 0 Å². The highest BCUT2D eigenvalue weighted by atomic mass is 32.1. The van der Waals surface area contributed by atoms with Gasteiger partial charge in [-0.15, -0.1) is 0 Å². The van der Waals surface area contributed by atoms with Gasteiger partial charge >= 0.3 is 0 Å². The van der Waals surface area contributed by atoms with Crippen LogP contribution in [0.4, 0.5) is 5.00 Å². The smallest absolute Gasteiger partial charge is 0.107 e. The van der Waals surface area contributed by atoms with Crippen LogP contribution in [0.1, 0.15) is 26.5 Å². The second-order valence-electron chi connectivity index (χ2n) is 3.36. The molecule has 10 heavy (non-hydrogen) atoms. The maximum absolute atomic E-state index is 5.53. The fourth-order valence-electron chi connectivity index (χ4n) is 0.643. The zero-order valence-electron chi connectivity index (χ0n) is 6.51. The Morgan fingerprint density at radius 3 is 2.30 bits per heavy atom. The molecule has 1 heterocycles. The van der Waals surface area contributed by atoms with E-state index >= 15 is 0 Å². The normalized spacial score (nSPS) is 11.9. The van der Waals surface area contributed by atoms with Gasteiger partial charge in [0.2, 0.25) is 0 Å². The van der Waals surface area contributed by atoms with Gasteiger partial charge in [-0.1, -0.05) is 20.8 Å². The van der Waals surface area contributed by atoms with Crippen molar-refractivity contribution in [3.8, 4) is 0 Å². The van der Waals surface area contributed by atoms with Gasteiger partial charge in [0.25, 0.3) is 0 Å². The summed E-state index contributed by atoms with van der Waals surface area (Å²) in [6, 6.07) is 1.94. The number of nitrogen functional groups attached to an aromatic ring is 1. The van der Waals surface area contributed by atoms with Crippen molar-refractivity contribution in [1.29, 1.82) is 0 Å². The molecule has 2 N–H and O–H groups in total. The van der Waals surface area contributed by atoms with Crippen molar-refractivity contribution in [3.05, 3.63) is 11.8 Å². The molecule has 3 heteroatoms. The molecule has 2 nitrogen and oxygen atoms in total. The standard InChI is InChI=1S/C7H12N2S/c1-7(2,3)5-4-6(8)10-9-5/h4H,8H2,1-3H3. The first-order chi connectivity index (χ1) is 4.50. The first kappa shape index (κ1) is 7.54. The number of anilines is 1. The summed E-state index contributed by atoms with van der Waals surface area (Å²) in [5.41, 5.74) is 6.74. The highest BCUT2D eigenvalue weighted by molar-refractivity contribution is 7.10.